The van der Waals surface area contributed by atoms with Gasteiger partial charge in [0, 0.05) is 0 Å². The van der Waals surface area contributed by atoms with E-state index in [0.29, 0.717) is 15.1 Å². The summed E-state index contributed by atoms with van der Waals surface area (Å²) in [4.78, 5) is 0. The zero-order chi connectivity index (χ0) is 7.72. The molecular formula is C6H4Cl3Sb. The van der Waals surface area contributed by atoms with E-state index in [0.717, 1.165) is 26.5 Å². The predicted octanol–water partition coefficient (Wildman–Crippen LogP) is 1.91. The fourth-order valence-electron chi connectivity index (χ4n) is 0.541. The molecule has 0 amide bonds. The van der Waals surface area contributed by atoms with Crippen molar-refractivity contribution >= 4 is 61.3 Å². The molecule has 0 unspecified atom stereocenters. The Labute approximate surface area is 87.9 Å². The topological polar surface area (TPSA) is 0 Å². The Morgan fingerprint density at radius 1 is 1.00 bits per heavy atom. The van der Waals surface area contributed by atoms with Crippen LogP contribution in [0.15, 0.2) is 12.1 Å². The fourth-order valence-corrected chi connectivity index (χ4v) is 2.03. The van der Waals surface area contributed by atoms with Gasteiger partial charge in [0.1, 0.15) is 0 Å². The molecule has 0 spiro atoms. The van der Waals surface area contributed by atoms with E-state index in [-0.39, 0.29) is 0 Å². The molecule has 4 heteroatoms. The quantitative estimate of drug-likeness (QED) is 0.507. The van der Waals surface area contributed by atoms with E-state index in [9.17, 15) is 0 Å². The average Bonchev–Trinajstić information content (AvgIpc) is 1.93. The van der Waals surface area contributed by atoms with Gasteiger partial charge in [0.05, 0.1) is 0 Å². The van der Waals surface area contributed by atoms with Crippen molar-refractivity contribution in [1.29, 1.82) is 0 Å². The zero-order valence-electron chi connectivity index (χ0n) is 4.87. The van der Waals surface area contributed by atoms with E-state index in [1.165, 1.54) is 0 Å². The molecule has 0 fully saturated rings. The second kappa shape index (κ2) is 3.54. The molecule has 0 aliphatic rings. The molecule has 0 atom stereocenters. The van der Waals surface area contributed by atoms with Crippen LogP contribution in [0, 0.1) is 0 Å². The number of benzene rings is 1. The van der Waals surface area contributed by atoms with Gasteiger partial charge in [-0.15, -0.1) is 0 Å². The van der Waals surface area contributed by atoms with Crippen LogP contribution >= 0.6 is 34.8 Å². The van der Waals surface area contributed by atoms with Gasteiger partial charge in [0.2, 0.25) is 0 Å². The van der Waals surface area contributed by atoms with Gasteiger partial charge in [-0.25, -0.2) is 0 Å². The van der Waals surface area contributed by atoms with Crippen LogP contribution in [-0.2, 0) is 0 Å². The molecule has 0 heterocycles. The van der Waals surface area contributed by atoms with Gasteiger partial charge in [-0.05, 0) is 0 Å². The minimum atomic E-state index is 0.466. The molecule has 0 bridgehead atoms. The summed E-state index contributed by atoms with van der Waals surface area (Å²) in [6, 6.07) is 3.65. The van der Waals surface area contributed by atoms with Crippen LogP contribution < -0.4 is 3.51 Å². The fraction of sp³-hybridized carbons (Fsp3) is 0. The SMILES string of the molecule is Clc1cc[c]([SbH2])c(Cl)c1Cl. The van der Waals surface area contributed by atoms with Crippen molar-refractivity contribution in [3.8, 4) is 0 Å². The van der Waals surface area contributed by atoms with E-state index in [1.54, 1.807) is 6.07 Å². The van der Waals surface area contributed by atoms with E-state index < -0.39 is 0 Å². The average molecular weight is 304 g/mol. The number of hydrogen-bond acceptors (Lipinski definition) is 0. The first kappa shape index (κ1) is 9.00. The van der Waals surface area contributed by atoms with Gasteiger partial charge >= 0.3 is 88.5 Å². The molecule has 1 aromatic carbocycles. The van der Waals surface area contributed by atoms with E-state index >= 15 is 0 Å². The molecule has 0 aliphatic heterocycles. The third kappa shape index (κ3) is 1.74. The Hall–Kier alpha value is 0.908. The molecule has 54 valence electrons. The predicted molar refractivity (Wildman–Crippen MR) is 49.7 cm³/mol. The van der Waals surface area contributed by atoms with Crippen molar-refractivity contribution in [1.82, 2.24) is 0 Å². The van der Waals surface area contributed by atoms with Gasteiger partial charge in [0.15, 0.2) is 0 Å². The van der Waals surface area contributed by atoms with Crippen LogP contribution in [0.4, 0.5) is 0 Å². The summed E-state index contributed by atoms with van der Waals surface area (Å²) >= 11 is 18.2. The van der Waals surface area contributed by atoms with E-state index in [4.69, 9.17) is 34.8 Å². The summed E-state index contributed by atoms with van der Waals surface area (Å²) < 4.78 is 1.07. The number of halogens is 3. The van der Waals surface area contributed by atoms with Crippen LogP contribution in [-0.4, -0.2) is 23.0 Å². The van der Waals surface area contributed by atoms with Crippen molar-refractivity contribution in [2.75, 3.05) is 0 Å². The summed E-state index contributed by atoms with van der Waals surface area (Å²) in [5.74, 6) is 0. The summed E-state index contributed by atoms with van der Waals surface area (Å²) in [5, 5.41) is 1.58. The van der Waals surface area contributed by atoms with Crippen LogP contribution in [0.3, 0.4) is 0 Å². The van der Waals surface area contributed by atoms with Crippen molar-refractivity contribution in [3.05, 3.63) is 27.2 Å². The van der Waals surface area contributed by atoms with Crippen LogP contribution in [0.1, 0.15) is 0 Å². The monoisotopic (exact) mass is 302 g/mol. The molecule has 0 N–H and O–H groups in total. The van der Waals surface area contributed by atoms with Gasteiger partial charge in [-0.3, -0.25) is 0 Å². The Balaban J connectivity index is 3.34. The molecule has 0 radical (unpaired) electrons. The van der Waals surface area contributed by atoms with Gasteiger partial charge < -0.3 is 0 Å². The minimum absolute atomic E-state index is 0.466. The Bertz CT molecular complexity index is 232. The molecule has 1 rings (SSSR count). The van der Waals surface area contributed by atoms with Gasteiger partial charge in [-0.2, -0.15) is 0 Å². The molecule has 0 aliphatic carbocycles. The molecule has 1 aromatic rings. The van der Waals surface area contributed by atoms with Gasteiger partial charge in [-0.1, -0.05) is 0 Å². The molecule has 10 heavy (non-hydrogen) atoms. The van der Waals surface area contributed by atoms with Crippen molar-refractivity contribution < 1.29 is 0 Å². The number of rotatable bonds is 0. The van der Waals surface area contributed by atoms with Crippen LogP contribution in [0.5, 0.6) is 0 Å². The first-order chi connectivity index (χ1) is 4.63. The Morgan fingerprint density at radius 2 is 1.60 bits per heavy atom. The second-order valence-electron chi connectivity index (χ2n) is 1.76. The van der Waals surface area contributed by atoms with Crippen LogP contribution in [0.2, 0.25) is 15.1 Å². The molecule has 0 saturated carbocycles. The zero-order valence-corrected chi connectivity index (χ0v) is 10.4. The van der Waals surface area contributed by atoms with Crippen LogP contribution in [0.25, 0.3) is 0 Å². The molecule has 0 nitrogen and oxygen atoms in total. The first-order valence-corrected chi connectivity index (χ1v) is 5.30. The summed E-state index contributed by atoms with van der Waals surface area (Å²) in [6.45, 7) is 0. The number of hydrogen-bond donors (Lipinski definition) is 0. The van der Waals surface area contributed by atoms with E-state index in [1.807, 2.05) is 6.07 Å². The normalized spacial score (nSPS) is 10.0. The van der Waals surface area contributed by atoms with Crippen molar-refractivity contribution in [3.63, 3.8) is 0 Å². The standard InChI is InChI=1S/C6H2Cl3.Sb.2H/c7-4-2-1-3-5(8)6(4)9;;;/h1-2H;;;. The Kier molecular flexibility index (Phi) is 3.18. The summed E-state index contributed by atoms with van der Waals surface area (Å²) in [5.41, 5.74) is 0. The first-order valence-electron chi connectivity index (χ1n) is 2.52. The third-order valence-corrected chi connectivity index (χ3v) is 4.27. The third-order valence-electron chi connectivity index (χ3n) is 1.07. The second-order valence-corrected chi connectivity index (χ2v) is 4.70. The summed E-state index contributed by atoms with van der Waals surface area (Å²) in [6.07, 6.45) is 0. The Morgan fingerprint density at radius 3 is 2.10 bits per heavy atom. The van der Waals surface area contributed by atoms with Crippen molar-refractivity contribution in [2.24, 2.45) is 0 Å². The molecule has 0 saturated heterocycles. The van der Waals surface area contributed by atoms with Crippen molar-refractivity contribution in [2.45, 2.75) is 0 Å². The summed E-state index contributed by atoms with van der Waals surface area (Å²) in [7, 11) is 0. The maximum atomic E-state index is 5.80. The van der Waals surface area contributed by atoms with E-state index in [2.05, 4.69) is 0 Å². The molecular weight excluding hydrogens is 300 g/mol. The molecule has 0 aromatic heterocycles. The maximum absolute atomic E-state index is 5.80. The van der Waals surface area contributed by atoms with Gasteiger partial charge in [0.25, 0.3) is 0 Å².